The van der Waals surface area contributed by atoms with Crippen LogP contribution in [-0.4, -0.2) is 13.1 Å². The molecule has 0 aromatic heterocycles. The second-order valence-electron chi connectivity index (χ2n) is 5.07. The van der Waals surface area contributed by atoms with Crippen LogP contribution in [0.15, 0.2) is 18.2 Å². The van der Waals surface area contributed by atoms with Gasteiger partial charge in [-0.05, 0) is 49.3 Å². The average molecular weight is 252 g/mol. The molecule has 0 saturated carbocycles. The summed E-state index contributed by atoms with van der Waals surface area (Å²) in [6.07, 6.45) is 5.12. The van der Waals surface area contributed by atoms with E-state index in [4.69, 9.17) is 11.6 Å². The Bertz CT molecular complexity index is 369. The molecule has 0 aliphatic carbocycles. The molecule has 1 unspecified atom stereocenters. The lowest BCUT2D eigenvalue weighted by molar-refractivity contribution is 0.578. The Morgan fingerprint density at radius 1 is 1.24 bits per heavy atom. The van der Waals surface area contributed by atoms with Crippen LogP contribution in [0.25, 0.3) is 0 Å². The second-order valence-corrected chi connectivity index (χ2v) is 5.48. The van der Waals surface area contributed by atoms with Gasteiger partial charge in [-0.1, -0.05) is 31.5 Å². The van der Waals surface area contributed by atoms with Crippen LogP contribution in [0.5, 0.6) is 0 Å². The lowest BCUT2D eigenvalue weighted by atomic mass is 9.98. The predicted molar refractivity (Wildman–Crippen MR) is 76.2 cm³/mol. The first kappa shape index (κ1) is 12.8. The fourth-order valence-corrected chi connectivity index (χ4v) is 2.77. The molecule has 0 N–H and O–H groups in total. The standard InChI is InChI=1S/C15H22ClN/c1-3-12(2)13-7-8-15(14(16)11-13)17-9-5-4-6-10-17/h7-8,11-12H,3-6,9-10H2,1-2H3. The van der Waals surface area contributed by atoms with Crippen molar-refractivity contribution in [1.29, 1.82) is 0 Å². The van der Waals surface area contributed by atoms with Crippen molar-refractivity contribution in [2.24, 2.45) is 0 Å². The molecule has 2 heteroatoms. The zero-order valence-corrected chi connectivity index (χ0v) is 11.6. The molecule has 1 aromatic rings. The predicted octanol–water partition coefficient (Wildman–Crippen LogP) is 4.84. The summed E-state index contributed by atoms with van der Waals surface area (Å²) in [5, 5.41) is 0.921. The fraction of sp³-hybridized carbons (Fsp3) is 0.600. The molecule has 1 saturated heterocycles. The normalized spacial score (nSPS) is 18.2. The Kier molecular flexibility index (Phi) is 4.33. The molecular weight excluding hydrogens is 230 g/mol. The molecule has 1 aliphatic rings. The largest absolute Gasteiger partial charge is 0.370 e. The maximum Gasteiger partial charge on any atom is 0.0642 e. The van der Waals surface area contributed by atoms with Crippen molar-refractivity contribution in [1.82, 2.24) is 0 Å². The van der Waals surface area contributed by atoms with E-state index in [-0.39, 0.29) is 0 Å². The van der Waals surface area contributed by atoms with Gasteiger partial charge in [0.15, 0.2) is 0 Å². The van der Waals surface area contributed by atoms with Crippen LogP contribution in [0.4, 0.5) is 5.69 Å². The third kappa shape index (κ3) is 2.95. The minimum atomic E-state index is 0.600. The lowest BCUT2D eigenvalue weighted by Gasteiger charge is -2.30. The van der Waals surface area contributed by atoms with Crippen molar-refractivity contribution in [3.8, 4) is 0 Å². The third-order valence-corrected chi connectivity index (χ3v) is 4.15. The molecule has 1 aromatic carbocycles. The summed E-state index contributed by atoms with van der Waals surface area (Å²) in [5.74, 6) is 0.600. The van der Waals surface area contributed by atoms with Crippen molar-refractivity contribution >= 4 is 17.3 Å². The van der Waals surface area contributed by atoms with Crippen molar-refractivity contribution in [2.45, 2.75) is 45.4 Å². The number of hydrogen-bond donors (Lipinski definition) is 0. The van der Waals surface area contributed by atoms with Gasteiger partial charge in [0.25, 0.3) is 0 Å². The Labute approximate surface area is 110 Å². The van der Waals surface area contributed by atoms with Gasteiger partial charge >= 0.3 is 0 Å². The average Bonchev–Trinajstić information content (AvgIpc) is 2.38. The second kappa shape index (κ2) is 5.77. The van der Waals surface area contributed by atoms with Gasteiger partial charge in [-0.3, -0.25) is 0 Å². The van der Waals surface area contributed by atoms with E-state index in [1.54, 1.807) is 0 Å². The molecule has 0 bridgehead atoms. The van der Waals surface area contributed by atoms with Gasteiger partial charge < -0.3 is 4.90 Å². The Morgan fingerprint density at radius 3 is 2.53 bits per heavy atom. The van der Waals surface area contributed by atoms with Gasteiger partial charge in [-0.25, -0.2) is 0 Å². The number of piperidine rings is 1. The van der Waals surface area contributed by atoms with Crippen LogP contribution in [-0.2, 0) is 0 Å². The molecule has 1 aliphatic heterocycles. The van der Waals surface area contributed by atoms with E-state index >= 15 is 0 Å². The van der Waals surface area contributed by atoms with E-state index in [0.29, 0.717) is 5.92 Å². The van der Waals surface area contributed by atoms with Crippen molar-refractivity contribution < 1.29 is 0 Å². The van der Waals surface area contributed by atoms with Gasteiger partial charge in [0, 0.05) is 13.1 Å². The maximum atomic E-state index is 6.42. The molecule has 17 heavy (non-hydrogen) atoms. The highest BCUT2D eigenvalue weighted by molar-refractivity contribution is 6.33. The number of rotatable bonds is 3. The maximum absolute atomic E-state index is 6.42. The van der Waals surface area contributed by atoms with Crippen LogP contribution >= 0.6 is 11.6 Å². The van der Waals surface area contributed by atoms with Gasteiger partial charge in [0.2, 0.25) is 0 Å². The minimum absolute atomic E-state index is 0.600. The highest BCUT2D eigenvalue weighted by Crippen LogP contribution is 2.31. The summed E-state index contributed by atoms with van der Waals surface area (Å²) in [6.45, 7) is 6.79. The topological polar surface area (TPSA) is 3.24 Å². The van der Waals surface area contributed by atoms with Crippen LogP contribution in [0.1, 0.15) is 51.0 Å². The molecule has 0 amide bonds. The SMILES string of the molecule is CCC(C)c1ccc(N2CCCCC2)c(Cl)c1. The summed E-state index contributed by atoms with van der Waals surface area (Å²) in [6, 6.07) is 6.60. The van der Waals surface area contributed by atoms with E-state index in [9.17, 15) is 0 Å². The molecule has 1 fully saturated rings. The quantitative estimate of drug-likeness (QED) is 0.743. The Hall–Kier alpha value is -0.690. The molecule has 1 heterocycles. The number of hydrogen-bond acceptors (Lipinski definition) is 1. The summed E-state index contributed by atoms with van der Waals surface area (Å²) >= 11 is 6.42. The van der Waals surface area contributed by atoms with Crippen LogP contribution in [0.2, 0.25) is 5.02 Å². The minimum Gasteiger partial charge on any atom is -0.370 e. The molecule has 0 radical (unpaired) electrons. The van der Waals surface area contributed by atoms with Crippen molar-refractivity contribution in [2.75, 3.05) is 18.0 Å². The highest BCUT2D eigenvalue weighted by Gasteiger charge is 2.14. The smallest absolute Gasteiger partial charge is 0.0642 e. The van der Waals surface area contributed by atoms with Crippen LogP contribution in [0, 0.1) is 0 Å². The van der Waals surface area contributed by atoms with E-state index < -0.39 is 0 Å². The summed E-state index contributed by atoms with van der Waals surface area (Å²) in [5.41, 5.74) is 2.58. The molecule has 1 atom stereocenters. The Morgan fingerprint density at radius 2 is 1.94 bits per heavy atom. The van der Waals surface area contributed by atoms with E-state index in [0.717, 1.165) is 18.1 Å². The summed E-state index contributed by atoms with van der Waals surface area (Å²) in [7, 11) is 0. The number of nitrogens with zero attached hydrogens (tertiary/aromatic N) is 1. The van der Waals surface area contributed by atoms with Crippen molar-refractivity contribution in [3.05, 3.63) is 28.8 Å². The highest BCUT2D eigenvalue weighted by atomic mass is 35.5. The van der Waals surface area contributed by atoms with E-state index in [1.807, 2.05) is 0 Å². The fourth-order valence-electron chi connectivity index (χ4n) is 2.46. The van der Waals surface area contributed by atoms with E-state index in [1.165, 1.54) is 36.9 Å². The van der Waals surface area contributed by atoms with E-state index in [2.05, 4.69) is 36.9 Å². The molecular formula is C15H22ClN. The van der Waals surface area contributed by atoms with Gasteiger partial charge in [0.05, 0.1) is 10.7 Å². The van der Waals surface area contributed by atoms with Crippen LogP contribution < -0.4 is 4.90 Å². The molecule has 2 rings (SSSR count). The first-order chi connectivity index (χ1) is 8.22. The molecule has 1 nitrogen and oxygen atoms in total. The summed E-state index contributed by atoms with van der Waals surface area (Å²) in [4.78, 5) is 2.42. The van der Waals surface area contributed by atoms with Crippen LogP contribution in [0.3, 0.4) is 0 Å². The monoisotopic (exact) mass is 251 g/mol. The lowest BCUT2D eigenvalue weighted by Crippen LogP contribution is -2.29. The van der Waals surface area contributed by atoms with Crippen molar-refractivity contribution in [3.63, 3.8) is 0 Å². The summed E-state index contributed by atoms with van der Waals surface area (Å²) < 4.78 is 0. The van der Waals surface area contributed by atoms with Gasteiger partial charge in [0.1, 0.15) is 0 Å². The van der Waals surface area contributed by atoms with Gasteiger partial charge in [-0.15, -0.1) is 0 Å². The first-order valence-electron chi connectivity index (χ1n) is 6.76. The van der Waals surface area contributed by atoms with Gasteiger partial charge in [-0.2, -0.15) is 0 Å². The zero-order valence-electron chi connectivity index (χ0n) is 10.9. The zero-order chi connectivity index (χ0) is 12.3. The Balaban J connectivity index is 2.18. The first-order valence-corrected chi connectivity index (χ1v) is 7.14. The number of benzene rings is 1. The molecule has 0 spiro atoms. The number of halogens is 1. The molecule has 94 valence electrons. The third-order valence-electron chi connectivity index (χ3n) is 3.85. The number of anilines is 1.